The van der Waals surface area contributed by atoms with Crippen LogP contribution in [0.25, 0.3) is 0 Å². The molecule has 1 aromatic carbocycles. The number of rotatable bonds is 10. The molecule has 0 aromatic heterocycles. The minimum Gasteiger partial charge on any atom is -0.496 e. The predicted octanol–water partition coefficient (Wildman–Crippen LogP) is 5.71. The maximum absolute atomic E-state index is 5.61. The molecule has 1 unspecified atom stereocenters. The van der Waals surface area contributed by atoms with Gasteiger partial charge in [0.25, 0.3) is 0 Å². The van der Waals surface area contributed by atoms with Gasteiger partial charge in [-0.25, -0.2) is 0 Å². The Morgan fingerprint density at radius 2 is 1.76 bits per heavy atom. The minimum atomic E-state index is 0.373. The van der Waals surface area contributed by atoms with Crippen molar-refractivity contribution in [3.05, 3.63) is 28.2 Å². The number of hydrogen-bond donors (Lipinski definition) is 1. The Hall–Kier alpha value is -0.540. The topological polar surface area (TPSA) is 21.3 Å². The van der Waals surface area contributed by atoms with Crippen molar-refractivity contribution in [2.24, 2.45) is 5.92 Å². The molecule has 0 saturated carbocycles. The van der Waals surface area contributed by atoms with E-state index < -0.39 is 0 Å². The van der Waals surface area contributed by atoms with Gasteiger partial charge in [0.05, 0.1) is 7.11 Å². The molecule has 0 saturated heterocycles. The van der Waals surface area contributed by atoms with E-state index in [9.17, 15) is 0 Å². The Morgan fingerprint density at radius 1 is 1.10 bits per heavy atom. The van der Waals surface area contributed by atoms with Crippen molar-refractivity contribution in [2.75, 3.05) is 13.7 Å². The largest absolute Gasteiger partial charge is 0.496 e. The van der Waals surface area contributed by atoms with Crippen molar-refractivity contribution in [2.45, 2.75) is 58.9 Å². The van der Waals surface area contributed by atoms with E-state index in [1.165, 1.54) is 31.2 Å². The molecule has 0 fully saturated rings. The average Bonchev–Trinajstić information content (AvgIpc) is 2.48. The van der Waals surface area contributed by atoms with Crippen LogP contribution in [0.2, 0.25) is 0 Å². The van der Waals surface area contributed by atoms with Gasteiger partial charge >= 0.3 is 0 Å². The molecule has 0 spiro atoms. The lowest BCUT2D eigenvalue weighted by molar-refractivity contribution is 0.305. The van der Waals surface area contributed by atoms with Crippen LogP contribution in [-0.4, -0.2) is 13.7 Å². The van der Waals surface area contributed by atoms with Gasteiger partial charge in [0.2, 0.25) is 0 Å². The summed E-state index contributed by atoms with van der Waals surface area (Å²) in [4.78, 5) is 0. The maximum atomic E-state index is 5.61. The molecule has 3 heteroatoms. The van der Waals surface area contributed by atoms with Crippen LogP contribution in [0, 0.1) is 5.92 Å². The first-order valence-electron chi connectivity index (χ1n) is 8.24. The summed E-state index contributed by atoms with van der Waals surface area (Å²) in [6.07, 6.45) is 6.12. The Bertz CT molecular complexity index is 402. The normalized spacial score (nSPS) is 12.7. The molecule has 0 amide bonds. The molecule has 1 aromatic rings. The van der Waals surface area contributed by atoms with Crippen LogP contribution in [0.1, 0.15) is 64.5 Å². The lowest BCUT2D eigenvalue weighted by Crippen LogP contribution is -2.29. The third kappa shape index (κ3) is 5.63. The Kier molecular flexibility index (Phi) is 9.02. The average molecular weight is 356 g/mol. The standard InChI is InChI=1S/C18H30BrNO/c1-5-8-14(9-6-2)18(20-12-7-3)16-13-15(19)10-11-17(16)21-4/h10-11,13-14,18,20H,5-9,12H2,1-4H3. The van der Waals surface area contributed by atoms with E-state index in [1.807, 2.05) is 6.07 Å². The lowest BCUT2D eigenvalue weighted by atomic mass is 9.85. The number of nitrogens with one attached hydrogen (secondary N) is 1. The third-order valence-corrected chi connectivity index (χ3v) is 4.42. The van der Waals surface area contributed by atoms with Gasteiger partial charge in [0.1, 0.15) is 5.75 Å². The van der Waals surface area contributed by atoms with E-state index in [0.717, 1.165) is 23.2 Å². The van der Waals surface area contributed by atoms with Crippen LogP contribution in [-0.2, 0) is 0 Å². The third-order valence-electron chi connectivity index (χ3n) is 3.93. The van der Waals surface area contributed by atoms with Crippen molar-refractivity contribution < 1.29 is 4.74 Å². The molecule has 0 heterocycles. The summed E-state index contributed by atoms with van der Waals surface area (Å²) in [6.45, 7) is 7.82. The summed E-state index contributed by atoms with van der Waals surface area (Å²) in [7, 11) is 1.76. The maximum Gasteiger partial charge on any atom is 0.123 e. The molecule has 120 valence electrons. The zero-order valence-corrected chi connectivity index (χ0v) is 15.5. The summed E-state index contributed by atoms with van der Waals surface area (Å²) in [5.41, 5.74) is 1.28. The number of halogens is 1. The van der Waals surface area contributed by atoms with Crippen LogP contribution < -0.4 is 10.1 Å². The molecular formula is C18H30BrNO. The Balaban J connectivity index is 3.12. The van der Waals surface area contributed by atoms with Crippen LogP contribution in [0.5, 0.6) is 5.75 Å². The highest BCUT2D eigenvalue weighted by Crippen LogP contribution is 2.36. The molecule has 21 heavy (non-hydrogen) atoms. The van der Waals surface area contributed by atoms with E-state index >= 15 is 0 Å². The summed E-state index contributed by atoms with van der Waals surface area (Å²) in [5, 5.41) is 3.76. The second-order valence-corrected chi connectivity index (χ2v) is 6.57. The van der Waals surface area contributed by atoms with Crippen LogP contribution in [0.15, 0.2) is 22.7 Å². The van der Waals surface area contributed by atoms with Crippen LogP contribution in [0.3, 0.4) is 0 Å². The van der Waals surface area contributed by atoms with Gasteiger partial charge in [-0.2, -0.15) is 0 Å². The predicted molar refractivity (Wildman–Crippen MR) is 95.0 cm³/mol. The zero-order chi connectivity index (χ0) is 15.7. The molecule has 1 N–H and O–H groups in total. The molecular weight excluding hydrogens is 326 g/mol. The van der Waals surface area contributed by atoms with E-state index in [1.54, 1.807) is 7.11 Å². The highest BCUT2D eigenvalue weighted by Gasteiger charge is 2.24. The van der Waals surface area contributed by atoms with Gasteiger partial charge in [-0.3, -0.25) is 0 Å². The second kappa shape index (κ2) is 10.2. The first kappa shape index (κ1) is 18.5. The number of hydrogen-bond acceptors (Lipinski definition) is 2. The van der Waals surface area contributed by atoms with E-state index in [-0.39, 0.29) is 0 Å². The molecule has 0 aliphatic heterocycles. The van der Waals surface area contributed by atoms with Gasteiger partial charge in [0.15, 0.2) is 0 Å². The van der Waals surface area contributed by atoms with Gasteiger partial charge in [-0.05, 0) is 49.9 Å². The molecule has 0 radical (unpaired) electrons. The zero-order valence-electron chi connectivity index (χ0n) is 13.9. The highest BCUT2D eigenvalue weighted by molar-refractivity contribution is 9.10. The minimum absolute atomic E-state index is 0.373. The van der Waals surface area contributed by atoms with Crippen molar-refractivity contribution in [1.82, 2.24) is 5.32 Å². The van der Waals surface area contributed by atoms with Crippen LogP contribution in [0.4, 0.5) is 0 Å². The number of ether oxygens (including phenoxy) is 1. The smallest absolute Gasteiger partial charge is 0.123 e. The van der Waals surface area contributed by atoms with Gasteiger partial charge in [0, 0.05) is 16.1 Å². The molecule has 0 bridgehead atoms. The van der Waals surface area contributed by atoms with Gasteiger partial charge in [-0.15, -0.1) is 0 Å². The second-order valence-electron chi connectivity index (χ2n) is 5.66. The van der Waals surface area contributed by atoms with Crippen molar-refractivity contribution in [3.8, 4) is 5.75 Å². The quantitative estimate of drug-likeness (QED) is 0.579. The Morgan fingerprint density at radius 3 is 2.29 bits per heavy atom. The van der Waals surface area contributed by atoms with Crippen LogP contribution >= 0.6 is 15.9 Å². The molecule has 0 aliphatic rings. The van der Waals surface area contributed by atoms with E-state index in [4.69, 9.17) is 4.74 Å². The van der Waals surface area contributed by atoms with Crippen molar-refractivity contribution in [3.63, 3.8) is 0 Å². The highest BCUT2D eigenvalue weighted by atomic mass is 79.9. The SMILES string of the molecule is CCCNC(c1cc(Br)ccc1OC)C(CCC)CCC. The summed E-state index contributed by atoms with van der Waals surface area (Å²) >= 11 is 3.61. The van der Waals surface area contributed by atoms with E-state index in [0.29, 0.717) is 12.0 Å². The fraction of sp³-hybridized carbons (Fsp3) is 0.667. The lowest BCUT2D eigenvalue weighted by Gasteiger charge is -2.29. The molecule has 2 nitrogen and oxygen atoms in total. The molecule has 0 aliphatic carbocycles. The molecule has 1 rings (SSSR count). The summed E-state index contributed by atoms with van der Waals surface area (Å²) in [6, 6.07) is 6.70. The first-order valence-corrected chi connectivity index (χ1v) is 9.03. The van der Waals surface area contributed by atoms with Gasteiger partial charge < -0.3 is 10.1 Å². The fourth-order valence-electron chi connectivity index (χ4n) is 3.00. The van der Waals surface area contributed by atoms with Crippen molar-refractivity contribution >= 4 is 15.9 Å². The monoisotopic (exact) mass is 355 g/mol. The molecule has 1 atom stereocenters. The number of methoxy groups -OCH3 is 1. The first-order chi connectivity index (χ1) is 10.2. The summed E-state index contributed by atoms with van der Waals surface area (Å²) < 4.78 is 6.73. The van der Waals surface area contributed by atoms with Crippen molar-refractivity contribution in [1.29, 1.82) is 0 Å². The Labute approximate surface area is 138 Å². The van der Waals surface area contributed by atoms with Gasteiger partial charge in [-0.1, -0.05) is 49.5 Å². The fourth-order valence-corrected chi connectivity index (χ4v) is 3.38. The van der Waals surface area contributed by atoms with E-state index in [2.05, 4.69) is 54.2 Å². The number of benzene rings is 1. The summed E-state index contributed by atoms with van der Waals surface area (Å²) in [5.74, 6) is 1.65.